The van der Waals surface area contributed by atoms with Crippen LogP contribution in [-0.2, 0) is 4.79 Å². The van der Waals surface area contributed by atoms with E-state index in [0.717, 1.165) is 0 Å². The summed E-state index contributed by atoms with van der Waals surface area (Å²) in [5, 5.41) is 8.67. The lowest BCUT2D eigenvalue weighted by molar-refractivity contribution is -0.136. The van der Waals surface area contributed by atoms with Gasteiger partial charge in [-0.15, -0.1) is 11.8 Å². The van der Waals surface area contributed by atoms with Crippen LogP contribution in [0.1, 0.15) is 31.6 Å². The van der Waals surface area contributed by atoms with E-state index >= 15 is 0 Å². The molecule has 0 saturated carbocycles. The number of hydrogen-bond donors (Lipinski definition) is 1. The first-order valence-corrected chi connectivity index (χ1v) is 8.88. The second-order valence-electron chi connectivity index (χ2n) is 5.72. The summed E-state index contributed by atoms with van der Waals surface area (Å²) in [5.74, 6) is -2.03. The van der Waals surface area contributed by atoms with Gasteiger partial charge in [0.1, 0.15) is 11.1 Å². The number of ether oxygens (including phenoxy) is 1. The lowest BCUT2D eigenvalue weighted by Gasteiger charge is -2.18. The maximum atomic E-state index is 14.6. The Bertz CT molecular complexity index is 745. The van der Waals surface area contributed by atoms with Crippen molar-refractivity contribution in [3.63, 3.8) is 0 Å². The SMILES string of the molecule is CCOc1c(F)cc(C(SC(C)C)C(=O)O)cc1-c1ccc(F)cc1. The number of aliphatic carboxylic acids is 1. The van der Waals surface area contributed by atoms with Crippen molar-refractivity contribution >= 4 is 17.7 Å². The van der Waals surface area contributed by atoms with Gasteiger partial charge in [0.15, 0.2) is 11.6 Å². The highest BCUT2D eigenvalue weighted by atomic mass is 32.2. The number of rotatable bonds is 7. The molecule has 0 heterocycles. The van der Waals surface area contributed by atoms with Gasteiger partial charge in [-0.3, -0.25) is 4.79 Å². The van der Waals surface area contributed by atoms with Crippen LogP contribution >= 0.6 is 11.8 Å². The molecule has 0 aliphatic heterocycles. The highest BCUT2D eigenvalue weighted by Gasteiger charge is 2.25. The molecule has 0 aliphatic carbocycles. The van der Waals surface area contributed by atoms with Gasteiger partial charge in [0.05, 0.1) is 6.61 Å². The van der Waals surface area contributed by atoms with Crippen molar-refractivity contribution in [2.24, 2.45) is 0 Å². The minimum absolute atomic E-state index is 0.0385. The Kier molecular flexibility index (Phi) is 6.42. The molecule has 0 aromatic heterocycles. The van der Waals surface area contributed by atoms with E-state index in [-0.39, 0.29) is 17.6 Å². The molecule has 1 N–H and O–H groups in total. The Morgan fingerprint density at radius 2 is 1.84 bits per heavy atom. The summed E-state index contributed by atoms with van der Waals surface area (Å²) < 4.78 is 33.2. The average molecular weight is 366 g/mol. The number of carboxylic acid groups (broad SMARTS) is 1. The molecular weight excluding hydrogens is 346 g/mol. The van der Waals surface area contributed by atoms with Crippen LogP contribution in [0.15, 0.2) is 36.4 Å². The minimum atomic E-state index is -1.03. The molecule has 2 rings (SSSR count). The second kappa shape index (κ2) is 8.34. The van der Waals surface area contributed by atoms with Crippen LogP contribution in [0.4, 0.5) is 8.78 Å². The summed E-state index contributed by atoms with van der Waals surface area (Å²) in [4.78, 5) is 11.6. The average Bonchev–Trinajstić information content (AvgIpc) is 2.55. The van der Waals surface area contributed by atoms with Crippen LogP contribution in [0.2, 0.25) is 0 Å². The van der Waals surface area contributed by atoms with Gasteiger partial charge < -0.3 is 9.84 Å². The van der Waals surface area contributed by atoms with Crippen LogP contribution in [0.5, 0.6) is 5.75 Å². The molecule has 0 fully saturated rings. The fourth-order valence-electron chi connectivity index (χ4n) is 2.45. The summed E-state index contributed by atoms with van der Waals surface area (Å²) >= 11 is 1.23. The molecule has 0 aliphatic rings. The molecule has 6 heteroatoms. The molecule has 1 unspecified atom stereocenters. The molecule has 0 bridgehead atoms. The van der Waals surface area contributed by atoms with Gasteiger partial charge in [0, 0.05) is 10.8 Å². The monoisotopic (exact) mass is 366 g/mol. The molecule has 1 atom stereocenters. The zero-order chi connectivity index (χ0) is 18.6. The maximum absolute atomic E-state index is 14.6. The normalized spacial score (nSPS) is 12.2. The largest absolute Gasteiger partial charge is 0.490 e. The molecule has 134 valence electrons. The van der Waals surface area contributed by atoms with Crippen LogP contribution in [0.25, 0.3) is 11.1 Å². The van der Waals surface area contributed by atoms with Crippen molar-refractivity contribution in [1.29, 1.82) is 0 Å². The Morgan fingerprint density at radius 1 is 1.20 bits per heavy atom. The quantitative estimate of drug-likeness (QED) is 0.722. The van der Waals surface area contributed by atoms with Crippen LogP contribution in [0, 0.1) is 11.6 Å². The Balaban J connectivity index is 2.60. The summed E-state index contributed by atoms with van der Waals surface area (Å²) in [7, 11) is 0. The van der Waals surface area contributed by atoms with Crippen LogP contribution in [0.3, 0.4) is 0 Å². The summed E-state index contributed by atoms with van der Waals surface area (Å²) in [6, 6.07) is 8.38. The van der Waals surface area contributed by atoms with Crippen molar-refractivity contribution in [1.82, 2.24) is 0 Å². The third-order valence-electron chi connectivity index (χ3n) is 3.45. The predicted octanol–water partition coefficient (Wildman–Crippen LogP) is 5.30. The number of halogens is 2. The van der Waals surface area contributed by atoms with Gasteiger partial charge in [0.25, 0.3) is 0 Å². The van der Waals surface area contributed by atoms with Crippen LogP contribution < -0.4 is 4.74 Å². The molecule has 2 aromatic carbocycles. The number of hydrogen-bond acceptors (Lipinski definition) is 3. The second-order valence-corrected chi connectivity index (χ2v) is 7.41. The maximum Gasteiger partial charge on any atom is 0.321 e. The smallest absolute Gasteiger partial charge is 0.321 e. The number of thioether (sulfide) groups is 1. The first-order chi connectivity index (χ1) is 11.8. The molecule has 3 nitrogen and oxygen atoms in total. The fourth-order valence-corrected chi connectivity index (χ4v) is 3.41. The van der Waals surface area contributed by atoms with E-state index in [2.05, 4.69) is 0 Å². The molecule has 0 saturated heterocycles. The zero-order valence-electron chi connectivity index (χ0n) is 14.3. The lowest BCUT2D eigenvalue weighted by Crippen LogP contribution is -2.11. The minimum Gasteiger partial charge on any atom is -0.490 e. The molecule has 0 spiro atoms. The summed E-state index contributed by atoms with van der Waals surface area (Å²) in [6.45, 7) is 5.75. The van der Waals surface area contributed by atoms with Gasteiger partial charge in [-0.05, 0) is 42.3 Å². The molecule has 2 aromatic rings. The topological polar surface area (TPSA) is 46.5 Å². The van der Waals surface area contributed by atoms with Gasteiger partial charge in [0.2, 0.25) is 0 Å². The van der Waals surface area contributed by atoms with Gasteiger partial charge in [-0.1, -0.05) is 26.0 Å². The third kappa shape index (κ3) is 4.72. The summed E-state index contributed by atoms with van der Waals surface area (Å²) in [5.41, 5.74) is 1.31. The molecule has 0 radical (unpaired) electrons. The van der Waals surface area contributed by atoms with Crippen molar-refractivity contribution in [2.75, 3.05) is 6.61 Å². The van der Waals surface area contributed by atoms with E-state index in [4.69, 9.17) is 4.74 Å². The fraction of sp³-hybridized carbons (Fsp3) is 0.316. The predicted molar refractivity (Wildman–Crippen MR) is 96.1 cm³/mol. The van der Waals surface area contributed by atoms with E-state index < -0.39 is 22.9 Å². The molecular formula is C19H20F2O3S. The van der Waals surface area contributed by atoms with E-state index in [1.54, 1.807) is 13.0 Å². The van der Waals surface area contributed by atoms with E-state index in [0.29, 0.717) is 16.7 Å². The Hall–Kier alpha value is -2.08. The van der Waals surface area contributed by atoms with Gasteiger partial charge in [-0.2, -0.15) is 0 Å². The van der Waals surface area contributed by atoms with Crippen molar-refractivity contribution in [2.45, 2.75) is 31.3 Å². The number of carboxylic acids is 1. The highest BCUT2D eigenvalue weighted by molar-refractivity contribution is 8.00. The van der Waals surface area contributed by atoms with Gasteiger partial charge >= 0.3 is 5.97 Å². The standard InChI is InChI=1S/C19H20F2O3S/c1-4-24-17-15(12-5-7-14(20)8-6-12)9-13(10-16(17)21)18(19(22)23)25-11(2)3/h5-11,18H,4H2,1-3H3,(H,22,23). The Labute approximate surface area is 150 Å². The first kappa shape index (κ1) is 19.2. The zero-order valence-corrected chi connectivity index (χ0v) is 15.1. The van der Waals surface area contributed by atoms with E-state index in [9.17, 15) is 18.7 Å². The number of benzene rings is 2. The third-order valence-corrected chi connectivity index (χ3v) is 4.74. The highest BCUT2D eigenvalue weighted by Crippen LogP contribution is 2.40. The Morgan fingerprint density at radius 3 is 2.36 bits per heavy atom. The lowest BCUT2D eigenvalue weighted by atomic mass is 9.99. The summed E-state index contributed by atoms with van der Waals surface area (Å²) in [6.07, 6.45) is 0. The molecule has 25 heavy (non-hydrogen) atoms. The van der Waals surface area contributed by atoms with Crippen LogP contribution in [-0.4, -0.2) is 22.9 Å². The van der Waals surface area contributed by atoms with Gasteiger partial charge in [-0.25, -0.2) is 8.78 Å². The molecule has 0 amide bonds. The van der Waals surface area contributed by atoms with Crippen molar-refractivity contribution in [3.05, 3.63) is 53.6 Å². The van der Waals surface area contributed by atoms with E-state index in [1.165, 1.54) is 42.1 Å². The first-order valence-electron chi connectivity index (χ1n) is 7.94. The van der Waals surface area contributed by atoms with E-state index in [1.807, 2.05) is 13.8 Å². The van der Waals surface area contributed by atoms with Crippen molar-refractivity contribution < 1.29 is 23.4 Å². The van der Waals surface area contributed by atoms with Crippen molar-refractivity contribution in [3.8, 4) is 16.9 Å². The number of carbonyl (C=O) groups is 1.